The van der Waals surface area contributed by atoms with Crippen LogP contribution in [-0.4, -0.2) is 0 Å². The fraction of sp³-hybridized carbons (Fsp3) is 0.111. The molecular formula is C9H9NO2. The normalized spacial score (nSPS) is 21.7. The van der Waals surface area contributed by atoms with Crippen LogP contribution in [0.25, 0.3) is 0 Å². The molecule has 0 radical (unpaired) electrons. The molecule has 0 spiro atoms. The number of rotatable bonds is 1. The van der Waals surface area contributed by atoms with Gasteiger partial charge in [-0.3, -0.25) is 0 Å². The van der Waals surface area contributed by atoms with Crippen molar-refractivity contribution in [1.82, 2.24) is 0 Å². The predicted octanol–water partition coefficient (Wildman–Crippen LogP) is 1.71. The monoisotopic (exact) mass is 163 g/mol. The minimum absolute atomic E-state index is 0.186. The Morgan fingerprint density at radius 3 is 3.00 bits per heavy atom. The fourth-order valence-corrected chi connectivity index (χ4v) is 1.14. The second-order valence-electron chi connectivity index (χ2n) is 2.57. The molecular weight excluding hydrogens is 154 g/mol. The van der Waals surface area contributed by atoms with Gasteiger partial charge in [-0.05, 0) is 18.2 Å². The highest BCUT2D eigenvalue weighted by molar-refractivity contribution is 5.25. The number of hydrogen-bond acceptors (Lipinski definition) is 3. The minimum atomic E-state index is -0.186. The topological polar surface area (TPSA) is 48.4 Å². The van der Waals surface area contributed by atoms with Crippen molar-refractivity contribution in [2.75, 3.05) is 0 Å². The van der Waals surface area contributed by atoms with Gasteiger partial charge < -0.3 is 14.9 Å². The van der Waals surface area contributed by atoms with E-state index in [0.717, 1.165) is 5.56 Å². The van der Waals surface area contributed by atoms with E-state index in [1.807, 2.05) is 12.1 Å². The van der Waals surface area contributed by atoms with Crippen LogP contribution in [0.15, 0.2) is 47.1 Å². The number of allylic oxidation sites excluding steroid dienone is 2. The molecule has 2 rings (SSSR count). The van der Waals surface area contributed by atoms with Crippen LogP contribution in [-0.2, 0) is 4.74 Å². The second-order valence-corrected chi connectivity index (χ2v) is 2.57. The van der Waals surface area contributed by atoms with Gasteiger partial charge in [0.25, 0.3) is 0 Å². The van der Waals surface area contributed by atoms with Crippen molar-refractivity contribution in [1.29, 1.82) is 0 Å². The van der Waals surface area contributed by atoms with E-state index in [1.54, 1.807) is 24.9 Å². The third kappa shape index (κ3) is 1.09. The minimum Gasteiger partial charge on any atom is -0.487 e. The van der Waals surface area contributed by atoms with Gasteiger partial charge in [-0.1, -0.05) is 0 Å². The molecule has 0 saturated heterocycles. The summed E-state index contributed by atoms with van der Waals surface area (Å²) >= 11 is 0. The van der Waals surface area contributed by atoms with Crippen LogP contribution in [0, 0.1) is 0 Å². The van der Waals surface area contributed by atoms with E-state index < -0.39 is 0 Å². The molecule has 1 aromatic heterocycles. The molecule has 62 valence electrons. The average Bonchev–Trinajstić information content (AvgIpc) is 2.57. The molecule has 1 aromatic rings. The van der Waals surface area contributed by atoms with Crippen molar-refractivity contribution in [2.24, 2.45) is 5.73 Å². The summed E-state index contributed by atoms with van der Waals surface area (Å²) in [6.45, 7) is 0. The zero-order chi connectivity index (χ0) is 8.39. The maximum absolute atomic E-state index is 5.71. The molecule has 0 aromatic carbocycles. The smallest absolute Gasteiger partial charge is 0.165 e. The standard InChI is InChI=1S/C9H9NO2/c10-8-2-1-4-12-9(8)7-3-5-11-6-7/h1-6,9H,10H2. The Labute approximate surface area is 70.1 Å². The van der Waals surface area contributed by atoms with E-state index in [9.17, 15) is 0 Å². The first kappa shape index (κ1) is 7.03. The number of ether oxygens (including phenoxy) is 1. The van der Waals surface area contributed by atoms with E-state index in [-0.39, 0.29) is 6.10 Å². The Morgan fingerprint density at radius 2 is 2.33 bits per heavy atom. The first-order valence-corrected chi connectivity index (χ1v) is 3.67. The van der Waals surface area contributed by atoms with Gasteiger partial charge in [0.1, 0.15) is 0 Å². The number of nitrogens with two attached hydrogens (primary N) is 1. The van der Waals surface area contributed by atoms with Gasteiger partial charge in [0.2, 0.25) is 0 Å². The number of furan rings is 1. The predicted molar refractivity (Wildman–Crippen MR) is 43.9 cm³/mol. The highest BCUT2D eigenvalue weighted by Crippen LogP contribution is 2.25. The Kier molecular flexibility index (Phi) is 1.63. The third-order valence-corrected chi connectivity index (χ3v) is 1.73. The summed E-state index contributed by atoms with van der Waals surface area (Å²) in [5.74, 6) is 0. The van der Waals surface area contributed by atoms with Gasteiger partial charge in [0, 0.05) is 5.56 Å². The van der Waals surface area contributed by atoms with Crippen LogP contribution in [0.3, 0.4) is 0 Å². The number of hydrogen-bond donors (Lipinski definition) is 1. The van der Waals surface area contributed by atoms with Crippen molar-refractivity contribution >= 4 is 0 Å². The Morgan fingerprint density at radius 1 is 1.42 bits per heavy atom. The van der Waals surface area contributed by atoms with Crippen LogP contribution in [0.2, 0.25) is 0 Å². The maximum atomic E-state index is 5.71. The Hall–Kier alpha value is -1.64. The molecule has 2 heterocycles. The van der Waals surface area contributed by atoms with Crippen LogP contribution < -0.4 is 5.73 Å². The first-order chi connectivity index (χ1) is 5.88. The van der Waals surface area contributed by atoms with E-state index >= 15 is 0 Å². The Bertz CT molecular complexity index is 311. The van der Waals surface area contributed by atoms with Crippen molar-refractivity contribution in [3.05, 3.63) is 48.3 Å². The van der Waals surface area contributed by atoms with Crippen LogP contribution in [0.5, 0.6) is 0 Å². The summed E-state index contributed by atoms with van der Waals surface area (Å²) in [5.41, 5.74) is 7.34. The van der Waals surface area contributed by atoms with E-state index in [1.165, 1.54) is 0 Å². The van der Waals surface area contributed by atoms with Crippen molar-refractivity contribution < 1.29 is 9.15 Å². The summed E-state index contributed by atoms with van der Waals surface area (Å²) in [4.78, 5) is 0. The van der Waals surface area contributed by atoms with Gasteiger partial charge in [0.15, 0.2) is 6.10 Å². The molecule has 0 aliphatic carbocycles. The highest BCUT2D eigenvalue weighted by atomic mass is 16.5. The van der Waals surface area contributed by atoms with Gasteiger partial charge in [-0.2, -0.15) is 0 Å². The zero-order valence-corrected chi connectivity index (χ0v) is 6.44. The van der Waals surface area contributed by atoms with E-state index in [4.69, 9.17) is 14.9 Å². The molecule has 3 nitrogen and oxygen atoms in total. The van der Waals surface area contributed by atoms with Crippen molar-refractivity contribution in [3.63, 3.8) is 0 Å². The molecule has 12 heavy (non-hydrogen) atoms. The zero-order valence-electron chi connectivity index (χ0n) is 6.44. The molecule has 0 amide bonds. The SMILES string of the molecule is NC1=CC=COC1c1ccoc1. The summed E-state index contributed by atoms with van der Waals surface area (Å²) in [7, 11) is 0. The second kappa shape index (κ2) is 2.77. The fourth-order valence-electron chi connectivity index (χ4n) is 1.14. The van der Waals surface area contributed by atoms with Gasteiger partial charge in [-0.25, -0.2) is 0 Å². The molecule has 0 saturated carbocycles. The van der Waals surface area contributed by atoms with Crippen LogP contribution in [0.4, 0.5) is 0 Å². The van der Waals surface area contributed by atoms with Crippen molar-refractivity contribution in [3.8, 4) is 0 Å². The summed E-state index contributed by atoms with van der Waals surface area (Å²) in [6, 6.07) is 1.84. The first-order valence-electron chi connectivity index (χ1n) is 3.67. The van der Waals surface area contributed by atoms with Gasteiger partial charge in [0.05, 0.1) is 24.5 Å². The lowest BCUT2D eigenvalue weighted by atomic mass is 10.1. The molecule has 2 N–H and O–H groups in total. The van der Waals surface area contributed by atoms with E-state index in [2.05, 4.69) is 0 Å². The molecule has 3 heteroatoms. The van der Waals surface area contributed by atoms with E-state index in [0.29, 0.717) is 5.70 Å². The lowest BCUT2D eigenvalue weighted by Gasteiger charge is -2.17. The molecule has 0 fully saturated rings. The summed E-state index contributed by atoms with van der Waals surface area (Å²) < 4.78 is 10.2. The molecule has 1 atom stereocenters. The van der Waals surface area contributed by atoms with Crippen LogP contribution in [0.1, 0.15) is 11.7 Å². The highest BCUT2D eigenvalue weighted by Gasteiger charge is 2.16. The lowest BCUT2D eigenvalue weighted by Crippen LogP contribution is -2.12. The molecule has 1 aliphatic heterocycles. The lowest BCUT2D eigenvalue weighted by molar-refractivity contribution is 0.172. The van der Waals surface area contributed by atoms with Gasteiger partial charge >= 0.3 is 0 Å². The van der Waals surface area contributed by atoms with Crippen molar-refractivity contribution in [2.45, 2.75) is 6.10 Å². The molecule has 0 bridgehead atoms. The summed E-state index contributed by atoms with van der Waals surface area (Å²) in [6.07, 6.45) is 8.25. The third-order valence-electron chi connectivity index (χ3n) is 1.73. The summed E-state index contributed by atoms with van der Waals surface area (Å²) in [5, 5.41) is 0. The molecule has 1 unspecified atom stereocenters. The maximum Gasteiger partial charge on any atom is 0.165 e. The quantitative estimate of drug-likeness (QED) is 0.685. The largest absolute Gasteiger partial charge is 0.487 e. The Balaban J connectivity index is 2.26. The average molecular weight is 163 g/mol. The van der Waals surface area contributed by atoms with Crippen LogP contribution >= 0.6 is 0 Å². The molecule has 1 aliphatic rings. The van der Waals surface area contributed by atoms with Gasteiger partial charge in [-0.15, -0.1) is 0 Å².